The third-order valence-corrected chi connectivity index (χ3v) is 4.22. The summed E-state index contributed by atoms with van der Waals surface area (Å²) >= 11 is 0. The van der Waals surface area contributed by atoms with Gasteiger partial charge in [0.2, 0.25) is 5.91 Å². The molecule has 1 aromatic carbocycles. The van der Waals surface area contributed by atoms with Gasteiger partial charge in [-0.3, -0.25) is 9.59 Å². The summed E-state index contributed by atoms with van der Waals surface area (Å²) in [4.78, 5) is 24.3. The van der Waals surface area contributed by atoms with Gasteiger partial charge in [0.1, 0.15) is 11.6 Å². The second-order valence-electron chi connectivity index (χ2n) is 5.67. The van der Waals surface area contributed by atoms with Crippen molar-refractivity contribution in [2.24, 2.45) is 11.7 Å². The summed E-state index contributed by atoms with van der Waals surface area (Å²) in [6, 6.07) is 2.63. The van der Waals surface area contributed by atoms with Crippen LogP contribution in [0.4, 0.5) is 14.5 Å². The fourth-order valence-electron chi connectivity index (χ4n) is 2.72. The molecule has 0 aromatic heterocycles. The second-order valence-corrected chi connectivity index (χ2v) is 5.67. The third kappa shape index (κ3) is 3.79. The molecule has 1 atom stereocenters. The second kappa shape index (κ2) is 6.83. The van der Waals surface area contributed by atoms with Crippen LogP contribution in [-0.2, 0) is 9.59 Å². The van der Waals surface area contributed by atoms with Crippen molar-refractivity contribution in [1.29, 1.82) is 0 Å². The molecule has 1 aromatic rings. The van der Waals surface area contributed by atoms with E-state index in [2.05, 4.69) is 5.32 Å². The molecule has 1 aliphatic rings. The van der Waals surface area contributed by atoms with Gasteiger partial charge in [-0.25, -0.2) is 8.78 Å². The maximum Gasteiger partial charge on any atom is 0.282 e. The van der Waals surface area contributed by atoms with Crippen molar-refractivity contribution in [3.05, 3.63) is 29.8 Å². The van der Waals surface area contributed by atoms with Crippen molar-refractivity contribution >= 4 is 17.5 Å². The first-order chi connectivity index (χ1) is 10.4. The Labute approximate surface area is 127 Å². The minimum absolute atomic E-state index is 0.0373. The number of rotatable bonds is 4. The zero-order valence-electron chi connectivity index (χ0n) is 12.4. The number of anilines is 1. The van der Waals surface area contributed by atoms with Gasteiger partial charge < -0.3 is 16.0 Å². The highest BCUT2D eigenvalue weighted by Crippen LogP contribution is 2.15. The van der Waals surface area contributed by atoms with Gasteiger partial charge in [0.25, 0.3) is 5.91 Å². The third-order valence-electron chi connectivity index (χ3n) is 4.22. The molecule has 22 heavy (non-hydrogen) atoms. The summed E-state index contributed by atoms with van der Waals surface area (Å²) in [6.07, 6.45) is 1.29. The van der Waals surface area contributed by atoms with E-state index in [9.17, 15) is 18.4 Å². The molecule has 5 nitrogen and oxygen atoms in total. The fourth-order valence-corrected chi connectivity index (χ4v) is 2.72. The van der Waals surface area contributed by atoms with Crippen LogP contribution in [0.2, 0.25) is 0 Å². The Morgan fingerprint density at radius 2 is 1.95 bits per heavy atom. The standard InChI is InChI=1S/C15H19F2N3O2/c1-9(20-6-4-10(5-7-20)14(18)21)15(22)19-13-3-2-11(16)8-12(13)17/h2-3,8-10H,4-7H2,1H3,(H2,18,21)(H,19,22)/p+1/t9-/m1/s1. The molecule has 1 saturated heterocycles. The van der Waals surface area contributed by atoms with Crippen LogP contribution in [0.5, 0.6) is 0 Å². The monoisotopic (exact) mass is 312 g/mol. The number of benzene rings is 1. The lowest BCUT2D eigenvalue weighted by molar-refractivity contribution is -0.919. The molecule has 0 radical (unpaired) electrons. The Kier molecular flexibility index (Phi) is 5.07. The molecule has 7 heteroatoms. The summed E-state index contributed by atoms with van der Waals surface area (Å²) in [6.45, 7) is 3.07. The molecule has 1 aliphatic heterocycles. The van der Waals surface area contributed by atoms with Gasteiger partial charge in [-0.05, 0) is 19.1 Å². The number of amides is 2. The van der Waals surface area contributed by atoms with E-state index in [4.69, 9.17) is 5.73 Å². The van der Waals surface area contributed by atoms with Gasteiger partial charge in [-0.1, -0.05) is 0 Å². The molecule has 4 N–H and O–H groups in total. The van der Waals surface area contributed by atoms with Crippen LogP contribution in [0.25, 0.3) is 0 Å². The maximum absolute atomic E-state index is 13.5. The molecule has 2 amide bonds. The Balaban J connectivity index is 1.94. The van der Waals surface area contributed by atoms with E-state index >= 15 is 0 Å². The van der Waals surface area contributed by atoms with Gasteiger partial charge in [-0.2, -0.15) is 0 Å². The van der Waals surface area contributed by atoms with Gasteiger partial charge >= 0.3 is 0 Å². The minimum Gasteiger partial charge on any atom is -0.369 e. The highest BCUT2D eigenvalue weighted by Gasteiger charge is 2.32. The van der Waals surface area contributed by atoms with Crippen LogP contribution in [0.1, 0.15) is 19.8 Å². The number of primary amides is 1. The summed E-state index contributed by atoms with van der Waals surface area (Å²) in [5, 5.41) is 2.48. The highest BCUT2D eigenvalue weighted by molar-refractivity contribution is 5.93. The smallest absolute Gasteiger partial charge is 0.282 e. The SMILES string of the molecule is C[C@H](C(=O)Nc1ccc(F)cc1F)[NH+]1CCC(C(N)=O)CC1. The Bertz CT molecular complexity index is 572. The minimum atomic E-state index is -0.803. The molecular weight excluding hydrogens is 292 g/mol. The molecular formula is C15H20F2N3O2+. The number of hydrogen-bond acceptors (Lipinski definition) is 2. The van der Waals surface area contributed by atoms with E-state index in [0.717, 1.165) is 17.0 Å². The lowest BCUT2D eigenvalue weighted by atomic mass is 9.95. The number of likely N-dealkylation sites (tertiary alicyclic amines) is 1. The number of nitrogens with one attached hydrogen (secondary N) is 2. The van der Waals surface area contributed by atoms with E-state index in [0.29, 0.717) is 25.9 Å². The first-order valence-electron chi connectivity index (χ1n) is 7.28. The quantitative estimate of drug-likeness (QED) is 0.736. The summed E-state index contributed by atoms with van der Waals surface area (Å²) < 4.78 is 26.4. The zero-order valence-corrected chi connectivity index (χ0v) is 12.4. The van der Waals surface area contributed by atoms with Gasteiger partial charge in [0, 0.05) is 24.8 Å². The summed E-state index contributed by atoms with van der Waals surface area (Å²) in [5.74, 6) is -2.26. The van der Waals surface area contributed by atoms with Crippen LogP contribution in [-0.4, -0.2) is 30.9 Å². The van der Waals surface area contributed by atoms with E-state index < -0.39 is 17.7 Å². The molecule has 1 fully saturated rings. The van der Waals surface area contributed by atoms with Crippen LogP contribution >= 0.6 is 0 Å². The molecule has 0 aliphatic carbocycles. The number of piperidine rings is 1. The molecule has 0 unspecified atom stereocenters. The normalized spacial score (nSPS) is 22.9. The number of quaternary nitrogens is 1. The number of carbonyl (C=O) groups is 2. The maximum atomic E-state index is 13.5. The van der Waals surface area contributed by atoms with Gasteiger partial charge in [-0.15, -0.1) is 0 Å². The van der Waals surface area contributed by atoms with Crippen LogP contribution in [0, 0.1) is 17.6 Å². The number of halogens is 2. The average molecular weight is 312 g/mol. The van der Waals surface area contributed by atoms with E-state index in [1.165, 1.54) is 6.07 Å². The fraction of sp³-hybridized carbons (Fsp3) is 0.467. The Morgan fingerprint density at radius 3 is 2.50 bits per heavy atom. The molecule has 0 spiro atoms. The first kappa shape index (κ1) is 16.4. The van der Waals surface area contributed by atoms with Crippen LogP contribution in [0.15, 0.2) is 18.2 Å². The lowest BCUT2D eigenvalue weighted by Crippen LogP contribution is -3.17. The van der Waals surface area contributed by atoms with Crippen LogP contribution in [0.3, 0.4) is 0 Å². The topological polar surface area (TPSA) is 76.6 Å². The summed E-state index contributed by atoms with van der Waals surface area (Å²) in [7, 11) is 0. The largest absolute Gasteiger partial charge is 0.369 e. The van der Waals surface area contributed by atoms with E-state index in [1.807, 2.05) is 0 Å². The molecule has 0 saturated carbocycles. The Hall–Kier alpha value is -2.02. The van der Waals surface area contributed by atoms with Crippen molar-refractivity contribution in [3.8, 4) is 0 Å². The zero-order chi connectivity index (χ0) is 16.3. The highest BCUT2D eigenvalue weighted by atomic mass is 19.1. The van der Waals surface area contributed by atoms with E-state index in [-0.39, 0.29) is 23.4 Å². The van der Waals surface area contributed by atoms with Gasteiger partial charge in [0.05, 0.1) is 18.8 Å². The van der Waals surface area contributed by atoms with Crippen LogP contribution < -0.4 is 16.0 Å². The number of nitrogens with two attached hydrogens (primary N) is 1. The van der Waals surface area contributed by atoms with Crippen molar-refractivity contribution in [2.75, 3.05) is 18.4 Å². The molecule has 0 bridgehead atoms. The first-order valence-corrected chi connectivity index (χ1v) is 7.28. The van der Waals surface area contributed by atoms with Crippen molar-refractivity contribution in [2.45, 2.75) is 25.8 Å². The molecule has 1 heterocycles. The van der Waals surface area contributed by atoms with Crippen molar-refractivity contribution < 1.29 is 23.3 Å². The number of carbonyl (C=O) groups excluding carboxylic acids is 2. The number of hydrogen-bond donors (Lipinski definition) is 3. The summed E-state index contributed by atoms with van der Waals surface area (Å²) in [5.41, 5.74) is 5.24. The van der Waals surface area contributed by atoms with E-state index in [1.54, 1.807) is 6.92 Å². The lowest BCUT2D eigenvalue weighted by Gasteiger charge is -2.31. The average Bonchev–Trinajstić information content (AvgIpc) is 2.49. The predicted octanol–water partition coefficient (Wildman–Crippen LogP) is 0.0720. The van der Waals surface area contributed by atoms with Gasteiger partial charge in [0.15, 0.2) is 6.04 Å². The Morgan fingerprint density at radius 1 is 1.32 bits per heavy atom. The molecule has 2 rings (SSSR count). The van der Waals surface area contributed by atoms with Crippen molar-refractivity contribution in [1.82, 2.24) is 0 Å². The molecule has 120 valence electrons. The predicted molar refractivity (Wildman–Crippen MR) is 77.1 cm³/mol. The van der Waals surface area contributed by atoms with Crippen molar-refractivity contribution in [3.63, 3.8) is 0 Å².